The third-order valence-electron chi connectivity index (χ3n) is 3.55. The zero-order valence-corrected chi connectivity index (χ0v) is 13.2. The molecule has 0 aromatic heterocycles. The molecule has 0 bridgehead atoms. The SMILES string of the molecule is CCC1CCN(C(=O)CCNC(=O)OC(C)(C)C)CC1. The quantitative estimate of drug-likeness (QED) is 0.863. The second kappa shape index (κ2) is 7.50. The van der Waals surface area contributed by atoms with Crippen molar-refractivity contribution in [3.8, 4) is 0 Å². The highest BCUT2D eigenvalue weighted by atomic mass is 16.6. The molecule has 116 valence electrons. The van der Waals surface area contributed by atoms with Crippen molar-refractivity contribution in [2.75, 3.05) is 19.6 Å². The van der Waals surface area contributed by atoms with Gasteiger partial charge in [0.05, 0.1) is 0 Å². The summed E-state index contributed by atoms with van der Waals surface area (Å²) in [7, 11) is 0. The molecule has 1 rings (SSSR count). The van der Waals surface area contributed by atoms with Gasteiger partial charge in [-0.25, -0.2) is 4.79 Å². The Hall–Kier alpha value is -1.26. The van der Waals surface area contributed by atoms with Crippen molar-refractivity contribution in [2.24, 2.45) is 5.92 Å². The lowest BCUT2D eigenvalue weighted by Crippen LogP contribution is -2.40. The Labute approximate surface area is 122 Å². The molecule has 5 nitrogen and oxygen atoms in total. The minimum absolute atomic E-state index is 0.121. The Bertz CT molecular complexity index is 329. The standard InChI is InChI=1S/C15H28N2O3/c1-5-12-7-10-17(11-8-12)13(18)6-9-16-14(19)20-15(2,3)4/h12H,5-11H2,1-4H3,(H,16,19). The van der Waals surface area contributed by atoms with Gasteiger partial charge in [0.1, 0.15) is 5.60 Å². The number of alkyl carbamates (subject to hydrolysis) is 1. The summed E-state index contributed by atoms with van der Waals surface area (Å²) in [5.74, 6) is 0.884. The summed E-state index contributed by atoms with van der Waals surface area (Å²) < 4.78 is 5.12. The van der Waals surface area contributed by atoms with E-state index in [0.29, 0.717) is 13.0 Å². The van der Waals surface area contributed by atoms with Gasteiger partial charge >= 0.3 is 6.09 Å². The highest BCUT2D eigenvalue weighted by Gasteiger charge is 2.21. The minimum atomic E-state index is -0.504. The molecule has 0 radical (unpaired) electrons. The fourth-order valence-corrected chi connectivity index (χ4v) is 2.33. The molecule has 1 aliphatic heterocycles. The van der Waals surface area contributed by atoms with Crippen LogP contribution < -0.4 is 5.32 Å². The second-order valence-corrected chi connectivity index (χ2v) is 6.41. The maximum absolute atomic E-state index is 12.0. The molecule has 5 heteroatoms. The van der Waals surface area contributed by atoms with Gasteiger partial charge in [0.2, 0.25) is 5.91 Å². The van der Waals surface area contributed by atoms with Crippen LogP contribution in [0.1, 0.15) is 53.4 Å². The summed E-state index contributed by atoms with van der Waals surface area (Å²) in [5.41, 5.74) is -0.504. The summed E-state index contributed by atoms with van der Waals surface area (Å²) >= 11 is 0. The van der Waals surface area contributed by atoms with Crippen LogP contribution in [0.5, 0.6) is 0 Å². The largest absolute Gasteiger partial charge is 0.444 e. The smallest absolute Gasteiger partial charge is 0.407 e. The van der Waals surface area contributed by atoms with Gasteiger partial charge in [0.25, 0.3) is 0 Å². The first-order chi connectivity index (χ1) is 9.31. The summed E-state index contributed by atoms with van der Waals surface area (Å²) in [6.07, 6.45) is 3.27. The van der Waals surface area contributed by atoms with E-state index in [4.69, 9.17) is 4.74 Å². The molecule has 20 heavy (non-hydrogen) atoms. The number of rotatable bonds is 4. The number of hydrogen-bond acceptors (Lipinski definition) is 3. The number of likely N-dealkylation sites (tertiary alicyclic amines) is 1. The number of nitrogens with zero attached hydrogens (tertiary/aromatic N) is 1. The predicted molar refractivity (Wildman–Crippen MR) is 78.4 cm³/mol. The van der Waals surface area contributed by atoms with Crippen molar-refractivity contribution < 1.29 is 14.3 Å². The molecule has 0 aromatic carbocycles. The summed E-state index contributed by atoms with van der Waals surface area (Å²) in [4.78, 5) is 25.3. The predicted octanol–water partition coefficient (Wildman–Crippen LogP) is 2.55. The molecule has 0 spiro atoms. The van der Waals surface area contributed by atoms with Gasteiger partial charge in [-0.1, -0.05) is 13.3 Å². The summed E-state index contributed by atoms with van der Waals surface area (Å²) in [6, 6.07) is 0. The number of nitrogens with one attached hydrogen (secondary N) is 1. The summed E-state index contributed by atoms with van der Waals surface area (Å²) in [5, 5.41) is 2.62. The molecule has 0 aromatic rings. The fourth-order valence-electron chi connectivity index (χ4n) is 2.33. The van der Waals surface area contributed by atoms with E-state index in [-0.39, 0.29) is 5.91 Å². The Balaban J connectivity index is 2.19. The number of carbonyl (C=O) groups excluding carboxylic acids is 2. The molecule has 0 atom stereocenters. The van der Waals surface area contributed by atoms with Gasteiger partial charge in [-0.15, -0.1) is 0 Å². The van der Waals surface area contributed by atoms with E-state index < -0.39 is 11.7 Å². The highest BCUT2D eigenvalue weighted by molar-refractivity contribution is 5.77. The minimum Gasteiger partial charge on any atom is -0.444 e. The number of carbonyl (C=O) groups is 2. The van der Waals surface area contributed by atoms with Crippen LogP contribution in [0.25, 0.3) is 0 Å². The van der Waals surface area contributed by atoms with Crippen molar-refractivity contribution >= 4 is 12.0 Å². The van der Waals surface area contributed by atoms with Crippen LogP contribution in [-0.2, 0) is 9.53 Å². The van der Waals surface area contributed by atoms with Gasteiger partial charge in [-0.3, -0.25) is 4.79 Å². The third-order valence-corrected chi connectivity index (χ3v) is 3.55. The Morgan fingerprint density at radius 2 is 1.85 bits per heavy atom. The van der Waals surface area contributed by atoms with E-state index in [1.54, 1.807) is 0 Å². The normalized spacial score (nSPS) is 16.9. The average molecular weight is 284 g/mol. The maximum Gasteiger partial charge on any atom is 0.407 e. The van der Waals surface area contributed by atoms with Gasteiger partial charge in [-0.05, 0) is 39.5 Å². The zero-order chi connectivity index (χ0) is 15.2. The van der Waals surface area contributed by atoms with Crippen molar-refractivity contribution in [1.82, 2.24) is 10.2 Å². The first-order valence-electron chi connectivity index (χ1n) is 7.56. The lowest BCUT2D eigenvalue weighted by molar-refractivity contribution is -0.132. The monoisotopic (exact) mass is 284 g/mol. The van der Waals surface area contributed by atoms with Gasteiger partial charge in [0, 0.05) is 26.1 Å². The van der Waals surface area contributed by atoms with E-state index in [1.165, 1.54) is 6.42 Å². The van der Waals surface area contributed by atoms with Crippen molar-refractivity contribution in [1.29, 1.82) is 0 Å². The number of hydrogen-bond donors (Lipinski definition) is 1. The number of amides is 2. The molecule has 1 saturated heterocycles. The highest BCUT2D eigenvalue weighted by Crippen LogP contribution is 2.20. The van der Waals surface area contributed by atoms with Crippen LogP contribution >= 0.6 is 0 Å². The van der Waals surface area contributed by atoms with Crippen LogP contribution in [0.3, 0.4) is 0 Å². The van der Waals surface area contributed by atoms with Crippen LogP contribution in [0.4, 0.5) is 4.79 Å². The van der Waals surface area contributed by atoms with E-state index in [2.05, 4.69) is 12.2 Å². The molecule has 0 unspecified atom stereocenters. The van der Waals surface area contributed by atoms with Crippen LogP contribution in [0, 0.1) is 5.92 Å². The van der Waals surface area contributed by atoms with Gasteiger partial charge in [-0.2, -0.15) is 0 Å². The molecule has 2 amide bonds. The summed E-state index contributed by atoms with van der Waals surface area (Å²) in [6.45, 7) is 9.68. The lowest BCUT2D eigenvalue weighted by Gasteiger charge is -2.31. The van der Waals surface area contributed by atoms with Crippen LogP contribution in [0.15, 0.2) is 0 Å². The molecule has 1 fully saturated rings. The Morgan fingerprint density at radius 3 is 2.35 bits per heavy atom. The van der Waals surface area contributed by atoms with E-state index in [9.17, 15) is 9.59 Å². The number of piperidine rings is 1. The molecule has 1 aliphatic rings. The van der Waals surface area contributed by atoms with E-state index >= 15 is 0 Å². The molecule has 1 heterocycles. The zero-order valence-electron chi connectivity index (χ0n) is 13.2. The maximum atomic E-state index is 12.0. The Kier molecular flexibility index (Phi) is 6.30. The van der Waals surface area contributed by atoms with Crippen molar-refractivity contribution in [3.05, 3.63) is 0 Å². The van der Waals surface area contributed by atoms with Gasteiger partial charge in [0.15, 0.2) is 0 Å². The van der Waals surface area contributed by atoms with Crippen molar-refractivity contribution in [2.45, 2.75) is 59.0 Å². The lowest BCUT2D eigenvalue weighted by atomic mass is 9.94. The molecule has 0 saturated carbocycles. The molecular formula is C15H28N2O3. The van der Waals surface area contributed by atoms with Crippen LogP contribution in [0.2, 0.25) is 0 Å². The number of ether oxygens (including phenoxy) is 1. The van der Waals surface area contributed by atoms with Crippen LogP contribution in [-0.4, -0.2) is 42.1 Å². The van der Waals surface area contributed by atoms with Gasteiger partial charge < -0.3 is 15.0 Å². The van der Waals surface area contributed by atoms with Crippen molar-refractivity contribution in [3.63, 3.8) is 0 Å². The first kappa shape index (κ1) is 16.8. The fraction of sp³-hybridized carbons (Fsp3) is 0.867. The van der Waals surface area contributed by atoms with E-state index in [1.807, 2.05) is 25.7 Å². The Morgan fingerprint density at radius 1 is 1.25 bits per heavy atom. The first-order valence-corrected chi connectivity index (χ1v) is 7.56. The topological polar surface area (TPSA) is 58.6 Å². The molecular weight excluding hydrogens is 256 g/mol. The molecule has 0 aliphatic carbocycles. The van der Waals surface area contributed by atoms with E-state index in [0.717, 1.165) is 31.8 Å². The average Bonchev–Trinajstić information content (AvgIpc) is 2.36. The molecule has 1 N–H and O–H groups in total. The third kappa shape index (κ3) is 6.26. The second-order valence-electron chi connectivity index (χ2n) is 6.41.